The number of hydrogen-bond donors (Lipinski definition) is 1. The van der Waals surface area contributed by atoms with Crippen molar-refractivity contribution >= 4 is 31.9 Å². The van der Waals surface area contributed by atoms with Gasteiger partial charge in [0.1, 0.15) is 11.9 Å². The van der Waals surface area contributed by atoms with Gasteiger partial charge in [0.25, 0.3) is 0 Å². The Hall–Kier alpha value is -0.0600. The molecule has 110 valence electrons. The molecule has 0 amide bonds. The highest BCUT2D eigenvalue weighted by Gasteiger charge is 2.56. The minimum atomic E-state index is 0.359. The van der Waals surface area contributed by atoms with Crippen molar-refractivity contribution < 1.29 is 4.74 Å². The Labute approximate surface area is 137 Å². The van der Waals surface area contributed by atoms with E-state index in [1.807, 2.05) is 6.07 Å². The van der Waals surface area contributed by atoms with Gasteiger partial charge in [0.05, 0.1) is 4.47 Å². The average molecular weight is 403 g/mol. The van der Waals surface area contributed by atoms with Crippen molar-refractivity contribution in [3.8, 4) is 5.75 Å². The quantitative estimate of drug-likeness (QED) is 0.776. The van der Waals surface area contributed by atoms with Gasteiger partial charge in [-0.1, -0.05) is 35.2 Å². The smallest absolute Gasteiger partial charge is 0.134 e. The number of nitrogens with one attached hydrogen (secondary N) is 1. The van der Waals surface area contributed by atoms with Crippen LogP contribution >= 0.6 is 31.9 Å². The van der Waals surface area contributed by atoms with Crippen molar-refractivity contribution in [3.63, 3.8) is 0 Å². The molecular formula is C16H21Br2NO. The Kier molecular flexibility index (Phi) is 4.44. The molecular weight excluding hydrogens is 382 g/mol. The molecule has 0 bridgehead atoms. The number of halogens is 2. The Bertz CT molecular complexity index is 485. The molecule has 2 saturated carbocycles. The Balaban J connectivity index is 1.77. The lowest BCUT2D eigenvalue weighted by Crippen LogP contribution is -2.64. The molecule has 2 fully saturated rings. The lowest BCUT2D eigenvalue weighted by molar-refractivity contribution is -0.101. The Morgan fingerprint density at radius 2 is 1.95 bits per heavy atom. The first-order chi connectivity index (χ1) is 9.65. The molecule has 4 heteroatoms. The van der Waals surface area contributed by atoms with E-state index in [0.717, 1.165) is 21.1 Å². The number of hydrogen-bond acceptors (Lipinski definition) is 2. The standard InChI is InChI=1S/C16H21Br2NO/c1-19-14-10-15(16(14)7-3-2-4-8-16)20-13-6-5-11(17)9-12(13)18/h5-6,9,14-15,19H,2-4,7-8,10H2,1H3. The maximum atomic E-state index is 6.35. The van der Waals surface area contributed by atoms with Crippen molar-refractivity contribution in [3.05, 3.63) is 27.1 Å². The van der Waals surface area contributed by atoms with E-state index >= 15 is 0 Å². The van der Waals surface area contributed by atoms with Gasteiger partial charge in [-0.25, -0.2) is 0 Å². The molecule has 3 rings (SSSR count). The van der Waals surface area contributed by atoms with Gasteiger partial charge in [-0.2, -0.15) is 0 Å². The summed E-state index contributed by atoms with van der Waals surface area (Å²) >= 11 is 7.09. The second-order valence-electron chi connectivity index (χ2n) is 6.05. The van der Waals surface area contributed by atoms with Crippen LogP contribution in [0.5, 0.6) is 5.75 Å². The second kappa shape index (κ2) is 5.98. The van der Waals surface area contributed by atoms with Crippen LogP contribution in [0.25, 0.3) is 0 Å². The van der Waals surface area contributed by atoms with Crippen molar-refractivity contribution in [1.29, 1.82) is 0 Å². The molecule has 20 heavy (non-hydrogen) atoms. The van der Waals surface area contributed by atoms with Gasteiger partial charge in [-0.15, -0.1) is 0 Å². The summed E-state index contributed by atoms with van der Waals surface area (Å²) in [6.07, 6.45) is 8.16. The van der Waals surface area contributed by atoms with Crippen molar-refractivity contribution in [2.75, 3.05) is 7.05 Å². The number of rotatable bonds is 3. The monoisotopic (exact) mass is 401 g/mol. The van der Waals surface area contributed by atoms with Crippen molar-refractivity contribution in [2.45, 2.75) is 50.7 Å². The van der Waals surface area contributed by atoms with Crippen molar-refractivity contribution in [1.82, 2.24) is 5.32 Å². The van der Waals surface area contributed by atoms with Gasteiger partial charge < -0.3 is 10.1 Å². The SMILES string of the molecule is CNC1CC(Oc2ccc(Br)cc2Br)C12CCCCC2. The van der Waals surface area contributed by atoms with E-state index in [9.17, 15) is 0 Å². The van der Waals surface area contributed by atoms with E-state index in [4.69, 9.17) is 4.74 Å². The molecule has 0 aliphatic heterocycles. The minimum Gasteiger partial charge on any atom is -0.489 e. The lowest BCUT2D eigenvalue weighted by Gasteiger charge is -2.57. The normalized spacial score (nSPS) is 28.1. The van der Waals surface area contributed by atoms with Gasteiger partial charge in [-0.3, -0.25) is 0 Å². The maximum absolute atomic E-state index is 6.35. The van der Waals surface area contributed by atoms with Crippen LogP contribution in [-0.2, 0) is 0 Å². The van der Waals surface area contributed by atoms with E-state index < -0.39 is 0 Å². The lowest BCUT2D eigenvalue weighted by atomic mass is 9.55. The van der Waals surface area contributed by atoms with E-state index in [2.05, 4.69) is 56.4 Å². The summed E-state index contributed by atoms with van der Waals surface area (Å²) in [5.74, 6) is 0.970. The minimum absolute atomic E-state index is 0.359. The molecule has 2 aliphatic carbocycles. The summed E-state index contributed by atoms with van der Waals surface area (Å²) in [7, 11) is 2.09. The fraction of sp³-hybridized carbons (Fsp3) is 0.625. The van der Waals surface area contributed by atoms with E-state index in [0.29, 0.717) is 17.6 Å². The van der Waals surface area contributed by atoms with Gasteiger partial charge in [-0.05, 0) is 54.0 Å². The van der Waals surface area contributed by atoms with Crippen LogP contribution in [0.2, 0.25) is 0 Å². The van der Waals surface area contributed by atoms with Crippen LogP contribution in [0.4, 0.5) is 0 Å². The molecule has 0 heterocycles. The third-order valence-corrected chi connectivity index (χ3v) is 6.19. The molecule has 1 N–H and O–H groups in total. The first-order valence-electron chi connectivity index (χ1n) is 7.45. The molecule has 2 aliphatic rings. The van der Waals surface area contributed by atoms with Gasteiger partial charge in [0.2, 0.25) is 0 Å². The molecule has 0 aromatic heterocycles. The van der Waals surface area contributed by atoms with Crippen molar-refractivity contribution in [2.24, 2.45) is 5.41 Å². The summed E-state index contributed by atoms with van der Waals surface area (Å²) in [4.78, 5) is 0. The van der Waals surface area contributed by atoms with Crippen LogP contribution in [0, 0.1) is 5.41 Å². The predicted octanol–water partition coefficient (Wildman–Crippen LogP) is 4.90. The molecule has 1 aromatic rings. The second-order valence-corrected chi connectivity index (χ2v) is 7.82. The zero-order valence-electron chi connectivity index (χ0n) is 11.8. The molecule has 0 radical (unpaired) electrons. The predicted molar refractivity (Wildman–Crippen MR) is 89.2 cm³/mol. The summed E-state index contributed by atoms with van der Waals surface area (Å²) in [6, 6.07) is 6.78. The largest absolute Gasteiger partial charge is 0.489 e. The fourth-order valence-corrected chi connectivity index (χ4v) is 5.06. The highest BCUT2D eigenvalue weighted by atomic mass is 79.9. The first-order valence-corrected chi connectivity index (χ1v) is 9.03. The summed E-state index contributed by atoms with van der Waals surface area (Å²) in [5.41, 5.74) is 0.361. The molecule has 1 spiro atoms. The number of benzene rings is 1. The number of ether oxygens (including phenoxy) is 1. The van der Waals surface area contributed by atoms with Crippen LogP contribution < -0.4 is 10.1 Å². The van der Waals surface area contributed by atoms with Crippen LogP contribution in [0.15, 0.2) is 27.1 Å². The third kappa shape index (κ3) is 2.55. The topological polar surface area (TPSA) is 21.3 Å². The van der Waals surface area contributed by atoms with Gasteiger partial charge in [0.15, 0.2) is 0 Å². The fourth-order valence-electron chi connectivity index (χ4n) is 3.92. The maximum Gasteiger partial charge on any atom is 0.134 e. The first kappa shape index (κ1) is 14.9. The van der Waals surface area contributed by atoms with E-state index in [1.165, 1.54) is 32.1 Å². The zero-order valence-corrected chi connectivity index (χ0v) is 15.0. The Morgan fingerprint density at radius 3 is 2.60 bits per heavy atom. The van der Waals surface area contributed by atoms with Crippen LogP contribution in [-0.4, -0.2) is 19.2 Å². The Morgan fingerprint density at radius 1 is 1.20 bits per heavy atom. The van der Waals surface area contributed by atoms with E-state index in [-0.39, 0.29) is 0 Å². The van der Waals surface area contributed by atoms with E-state index in [1.54, 1.807) is 0 Å². The molecule has 1 aromatic carbocycles. The van der Waals surface area contributed by atoms with Gasteiger partial charge >= 0.3 is 0 Å². The average Bonchev–Trinajstić information content (AvgIpc) is 2.45. The summed E-state index contributed by atoms with van der Waals surface area (Å²) in [6.45, 7) is 0. The highest BCUT2D eigenvalue weighted by molar-refractivity contribution is 9.11. The molecule has 0 saturated heterocycles. The molecule has 2 nitrogen and oxygen atoms in total. The van der Waals surface area contributed by atoms with Gasteiger partial charge in [0, 0.05) is 22.4 Å². The zero-order chi connectivity index (χ0) is 14.2. The third-order valence-electron chi connectivity index (χ3n) is 5.08. The molecule has 2 unspecified atom stereocenters. The van der Waals surface area contributed by atoms with Crippen LogP contribution in [0.1, 0.15) is 38.5 Å². The highest BCUT2D eigenvalue weighted by Crippen LogP contribution is 2.53. The summed E-state index contributed by atoms with van der Waals surface area (Å²) < 4.78 is 8.46. The molecule has 2 atom stereocenters. The summed E-state index contributed by atoms with van der Waals surface area (Å²) in [5, 5.41) is 3.50. The van der Waals surface area contributed by atoms with Crippen LogP contribution in [0.3, 0.4) is 0 Å².